The van der Waals surface area contributed by atoms with E-state index in [0.717, 1.165) is 0 Å². The van der Waals surface area contributed by atoms with Gasteiger partial charge in [0.25, 0.3) is 5.91 Å². The predicted molar refractivity (Wildman–Crippen MR) is 111 cm³/mol. The van der Waals surface area contributed by atoms with Crippen LogP contribution in [0.5, 0.6) is 11.5 Å². The Balaban J connectivity index is 1.94. The van der Waals surface area contributed by atoms with E-state index < -0.39 is 0 Å². The Bertz CT molecular complexity index is 913. The number of phenolic OH excluding ortho intramolecular Hbond substituents is 1. The maximum atomic E-state index is 12.8. The van der Waals surface area contributed by atoms with E-state index in [2.05, 4.69) is 0 Å². The van der Waals surface area contributed by atoms with Gasteiger partial charge in [0, 0.05) is 5.02 Å². The van der Waals surface area contributed by atoms with E-state index in [1.807, 2.05) is 0 Å². The zero-order valence-electron chi connectivity index (χ0n) is 13.5. The van der Waals surface area contributed by atoms with Gasteiger partial charge in [-0.25, -0.2) is 0 Å². The van der Waals surface area contributed by atoms with Crippen molar-refractivity contribution in [2.45, 2.75) is 6.92 Å². The van der Waals surface area contributed by atoms with Crippen LogP contribution in [0.15, 0.2) is 41.3 Å². The lowest BCUT2D eigenvalue weighted by Gasteiger charge is -2.14. The highest BCUT2D eigenvalue weighted by molar-refractivity contribution is 8.27. The summed E-state index contributed by atoms with van der Waals surface area (Å²) >= 11 is 18.5. The number of ether oxygens (including phenoxy) is 1. The fourth-order valence-corrected chi connectivity index (χ4v) is 4.02. The quantitative estimate of drug-likeness (QED) is 0.517. The van der Waals surface area contributed by atoms with Crippen molar-refractivity contribution in [1.29, 1.82) is 0 Å². The van der Waals surface area contributed by atoms with Gasteiger partial charge >= 0.3 is 0 Å². The van der Waals surface area contributed by atoms with Gasteiger partial charge in [0.05, 0.1) is 22.2 Å². The second kappa shape index (κ2) is 7.88. The average Bonchev–Trinajstić information content (AvgIpc) is 2.87. The van der Waals surface area contributed by atoms with Crippen molar-refractivity contribution < 1.29 is 14.6 Å². The molecule has 1 N–H and O–H groups in total. The second-order valence-electron chi connectivity index (χ2n) is 5.28. The molecule has 1 fully saturated rings. The molecule has 0 saturated carbocycles. The summed E-state index contributed by atoms with van der Waals surface area (Å²) in [6.07, 6.45) is 1.67. The van der Waals surface area contributed by atoms with Crippen molar-refractivity contribution in [1.82, 2.24) is 0 Å². The lowest BCUT2D eigenvalue weighted by molar-refractivity contribution is -0.113. The Hall–Kier alpha value is -1.73. The van der Waals surface area contributed by atoms with Crippen molar-refractivity contribution in [2.24, 2.45) is 0 Å². The molecule has 1 aliphatic heterocycles. The Morgan fingerprint density at radius 3 is 2.62 bits per heavy atom. The maximum Gasteiger partial charge on any atom is 0.270 e. The number of carbonyl (C=O) groups is 1. The molecule has 0 bridgehead atoms. The van der Waals surface area contributed by atoms with Crippen LogP contribution in [-0.4, -0.2) is 21.9 Å². The van der Waals surface area contributed by atoms with Gasteiger partial charge in [-0.15, -0.1) is 0 Å². The number of amides is 1. The van der Waals surface area contributed by atoms with Crippen LogP contribution in [0, 0.1) is 0 Å². The van der Waals surface area contributed by atoms with E-state index >= 15 is 0 Å². The number of benzene rings is 2. The topological polar surface area (TPSA) is 49.8 Å². The van der Waals surface area contributed by atoms with Crippen molar-refractivity contribution in [2.75, 3.05) is 11.5 Å². The summed E-state index contributed by atoms with van der Waals surface area (Å²) in [5, 5.41) is 10.7. The normalized spacial score (nSPS) is 15.8. The lowest BCUT2D eigenvalue weighted by Crippen LogP contribution is -2.27. The van der Waals surface area contributed by atoms with Crippen LogP contribution in [0.1, 0.15) is 12.5 Å². The predicted octanol–water partition coefficient (Wildman–Crippen LogP) is 5.50. The van der Waals surface area contributed by atoms with Gasteiger partial charge in [-0.2, -0.15) is 0 Å². The Morgan fingerprint density at radius 1 is 1.27 bits per heavy atom. The third-order valence-corrected chi connectivity index (χ3v) is 5.37. The molecule has 2 aromatic rings. The van der Waals surface area contributed by atoms with Gasteiger partial charge in [-0.1, -0.05) is 47.2 Å². The molecule has 0 unspecified atom stereocenters. The molecule has 1 aliphatic rings. The van der Waals surface area contributed by atoms with E-state index in [1.54, 1.807) is 49.4 Å². The fourth-order valence-electron chi connectivity index (χ4n) is 2.37. The summed E-state index contributed by atoms with van der Waals surface area (Å²) in [5.41, 5.74) is 1.28. The molecule has 0 spiro atoms. The minimum absolute atomic E-state index is 0.126. The number of rotatable bonds is 4. The summed E-state index contributed by atoms with van der Waals surface area (Å²) in [6, 6.07) is 10.1. The van der Waals surface area contributed by atoms with Gasteiger partial charge < -0.3 is 9.84 Å². The molecule has 134 valence electrons. The number of halogens is 2. The smallest absolute Gasteiger partial charge is 0.270 e. The van der Waals surface area contributed by atoms with Crippen LogP contribution in [0.4, 0.5) is 5.69 Å². The molecule has 1 heterocycles. The molecule has 3 rings (SSSR count). The number of thioether (sulfide) groups is 1. The highest BCUT2D eigenvalue weighted by atomic mass is 35.5. The second-order valence-corrected chi connectivity index (χ2v) is 7.80. The van der Waals surface area contributed by atoms with Crippen molar-refractivity contribution >= 4 is 69.2 Å². The summed E-state index contributed by atoms with van der Waals surface area (Å²) < 4.78 is 5.80. The largest absolute Gasteiger partial charge is 0.503 e. The minimum atomic E-state index is -0.232. The molecule has 8 heteroatoms. The van der Waals surface area contributed by atoms with Crippen LogP contribution >= 0.6 is 47.2 Å². The third kappa shape index (κ3) is 3.83. The standard InChI is InChI=1S/C18H13Cl2NO3S2/c1-2-24-14-8-10(7-13(20)16(14)22)9-15-17(23)21(18(25)26-15)12-5-3-11(19)4-6-12/h3-9,22H,2H2,1H3/b15-9-. The third-order valence-electron chi connectivity index (χ3n) is 3.53. The number of hydrogen-bond acceptors (Lipinski definition) is 5. The zero-order chi connectivity index (χ0) is 18.8. The number of aromatic hydroxyl groups is 1. The Morgan fingerprint density at radius 2 is 1.96 bits per heavy atom. The Kier molecular flexibility index (Phi) is 5.77. The molecule has 0 atom stereocenters. The molecule has 1 amide bonds. The van der Waals surface area contributed by atoms with E-state index in [4.69, 9.17) is 40.2 Å². The number of hydrogen-bond donors (Lipinski definition) is 1. The molecule has 26 heavy (non-hydrogen) atoms. The maximum absolute atomic E-state index is 12.8. The van der Waals surface area contributed by atoms with Crippen molar-refractivity contribution in [3.63, 3.8) is 0 Å². The molecule has 2 aromatic carbocycles. The van der Waals surface area contributed by atoms with E-state index in [-0.39, 0.29) is 22.4 Å². The molecule has 4 nitrogen and oxygen atoms in total. The highest BCUT2D eigenvalue weighted by Crippen LogP contribution is 2.39. The van der Waals surface area contributed by atoms with Crippen molar-refractivity contribution in [3.05, 3.63) is 56.9 Å². The van der Waals surface area contributed by atoms with E-state index in [9.17, 15) is 9.90 Å². The SMILES string of the molecule is CCOc1cc(/C=C2\SC(=S)N(c3ccc(Cl)cc3)C2=O)cc(Cl)c1O. The van der Waals surface area contributed by atoms with Gasteiger partial charge in [0.15, 0.2) is 15.8 Å². The Labute approximate surface area is 170 Å². The molecular formula is C18H13Cl2NO3S2. The highest BCUT2D eigenvalue weighted by Gasteiger charge is 2.33. The van der Waals surface area contributed by atoms with Gasteiger partial charge in [0.1, 0.15) is 0 Å². The molecule has 0 radical (unpaired) electrons. The summed E-state index contributed by atoms with van der Waals surface area (Å²) in [5.74, 6) is -0.0942. The lowest BCUT2D eigenvalue weighted by atomic mass is 10.1. The summed E-state index contributed by atoms with van der Waals surface area (Å²) in [4.78, 5) is 14.7. The van der Waals surface area contributed by atoms with Gasteiger partial charge in [-0.3, -0.25) is 9.69 Å². The minimum Gasteiger partial charge on any atom is -0.503 e. The van der Waals surface area contributed by atoms with Crippen LogP contribution < -0.4 is 9.64 Å². The average molecular weight is 426 g/mol. The van der Waals surface area contributed by atoms with Crippen LogP contribution in [0.3, 0.4) is 0 Å². The summed E-state index contributed by atoms with van der Waals surface area (Å²) in [7, 11) is 0. The van der Waals surface area contributed by atoms with Crippen LogP contribution in [0.2, 0.25) is 10.0 Å². The van der Waals surface area contributed by atoms with Gasteiger partial charge in [0.2, 0.25) is 0 Å². The fraction of sp³-hybridized carbons (Fsp3) is 0.111. The molecular weight excluding hydrogens is 413 g/mol. The first-order valence-corrected chi connectivity index (χ1v) is 9.57. The van der Waals surface area contributed by atoms with E-state index in [0.29, 0.717) is 32.1 Å². The molecule has 0 aromatic heterocycles. The first-order chi connectivity index (χ1) is 12.4. The van der Waals surface area contributed by atoms with Gasteiger partial charge in [-0.05, 0) is 55.0 Å². The number of carbonyl (C=O) groups excluding carboxylic acids is 1. The number of anilines is 1. The summed E-state index contributed by atoms with van der Waals surface area (Å²) in [6.45, 7) is 2.18. The molecule has 0 aliphatic carbocycles. The molecule has 1 saturated heterocycles. The van der Waals surface area contributed by atoms with Crippen LogP contribution in [-0.2, 0) is 4.79 Å². The number of nitrogens with zero attached hydrogens (tertiary/aromatic N) is 1. The monoisotopic (exact) mass is 425 g/mol. The van der Waals surface area contributed by atoms with Crippen LogP contribution in [0.25, 0.3) is 6.08 Å². The number of thiocarbonyl (C=S) groups is 1. The first kappa shape index (κ1) is 19.0. The first-order valence-electron chi connectivity index (χ1n) is 7.59. The number of phenols is 1. The zero-order valence-corrected chi connectivity index (χ0v) is 16.7. The van der Waals surface area contributed by atoms with Crippen molar-refractivity contribution in [3.8, 4) is 11.5 Å². The van der Waals surface area contributed by atoms with E-state index in [1.165, 1.54) is 16.7 Å².